The summed E-state index contributed by atoms with van der Waals surface area (Å²) in [6, 6.07) is 7.97. The summed E-state index contributed by atoms with van der Waals surface area (Å²) in [7, 11) is 2.04. The number of hydrogen-bond donors (Lipinski definition) is 1. The normalized spacial score (nSPS) is 12.9. The SMILES string of the molecule is CN(Cc1ccncc1)C(CN)c1ccco1. The van der Waals surface area contributed by atoms with Gasteiger partial charge in [0.1, 0.15) is 5.76 Å². The van der Waals surface area contributed by atoms with Gasteiger partial charge in [0.05, 0.1) is 12.3 Å². The summed E-state index contributed by atoms with van der Waals surface area (Å²) in [5, 5.41) is 0. The van der Waals surface area contributed by atoms with Crippen molar-refractivity contribution in [2.45, 2.75) is 12.6 Å². The van der Waals surface area contributed by atoms with E-state index in [1.165, 1.54) is 5.56 Å². The molecule has 0 aromatic carbocycles. The van der Waals surface area contributed by atoms with Crippen LogP contribution in [0.1, 0.15) is 17.4 Å². The molecule has 0 bridgehead atoms. The topological polar surface area (TPSA) is 55.3 Å². The molecule has 0 aliphatic rings. The van der Waals surface area contributed by atoms with Crippen molar-refractivity contribution in [2.75, 3.05) is 13.6 Å². The number of likely N-dealkylation sites (N-methyl/N-ethyl adjacent to an activating group) is 1. The molecule has 0 radical (unpaired) electrons. The lowest BCUT2D eigenvalue weighted by Gasteiger charge is -2.25. The van der Waals surface area contributed by atoms with Crippen LogP contribution < -0.4 is 5.73 Å². The Labute approximate surface area is 101 Å². The molecule has 0 saturated heterocycles. The Kier molecular flexibility index (Phi) is 3.90. The Bertz CT molecular complexity index is 427. The van der Waals surface area contributed by atoms with Gasteiger partial charge in [-0.2, -0.15) is 0 Å². The molecule has 0 saturated carbocycles. The number of nitrogens with zero attached hydrogens (tertiary/aromatic N) is 2. The lowest BCUT2D eigenvalue weighted by atomic mass is 10.1. The quantitative estimate of drug-likeness (QED) is 0.852. The van der Waals surface area contributed by atoms with Gasteiger partial charge in [-0.05, 0) is 36.9 Å². The molecule has 0 aliphatic heterocycles. The minimum absolute atomic E-state index is 0.109. The zero-order chi connectivity index (χ0) is 12.1. The molecular weight excluding hydrogens is 214 g/mol. The highest BCUT2D eigenvalue weighted by molar-refractivity contribution is 5.11. The Hall–Kier alpha value is -1.65. The standard InChI is InChI=1S/C13H17N3O/c1-16(10-11-4-6-15-7-5-11)12(9-14)13-3-2-8-17-13/h2-8,12H,9-10,14H2,1H3. The predicted octanol–water partition coefficient (Wildman–Crippen LogP) is 1.81. The van der Waals surface area contributed by atoms with Crippen LogP contribution in [0.25, 0.3) is 0 Å². The van der Waals surface area contributed by atoms with Gasteiger partial charge in [0.25, 0.3) is 0 Å². The molecule has 0 amide bonds. The van der Waals surface area contributed by atoms with Gasteiger partial charge >= 0.3 is 0 Å². The summed E-state index contributed by atoms with van der Waals surface area (Å²) < 4.78 is 5.41. The molecule has 2 rings (SSSR count). The highest BCUT2D eigenvalue weighted by Crippen LogP contribution is 2.20. The first-order valence-corrected chi connectivity index (χ1v) is 5.64. The van der Waals surface area contributed by atoms with Crippen molar-refractivity contribution in [2.24, 2.45) is 5.73 Å². The fourth-order valence-corrected chi connectivity index (χ4v) is 1.88. The second-order valence-corrected chi connectivity index (χ2v) is 4.04. The third-order valence-corrected chi connectivity index (χ3v) is 2.81. The van der Waals surface area contributed by atoms with Crippen molar-refractivity contribution >= 4 is 0 Å². The van der Waals surface area contributed by atoms with Crippen LogP contribution in [-0.2, 0) is 6.54 Å². The van der Waals surface area contributed by atoms with Gasteiger partial charge in [0.15, 0.2) is 0 Å². The molecule has 2 N–H and O–H groups in total. The molecule has 2 heterocycles. The first kappa shape index (κ1) is 11.8. The highest BCUT2D eigenvalue weighted by Gasteiger charge is 2.17. The summed E-state index contributed by atoms with van der Waals surface area (Å²) in [6.45, 7) is 1.36. The van der Waals surface area contributed by atoms with E-state index in [1.807, 2.05) is 31.3 Å². The molecule has 1 unspecified atom stereocenters. The molecule has 2 aromatic rings. The van der Waals surface area contributed by atoms with Crippen molar-refractivity contribution in [1.29, 1.82) is 0 Å². The zero-order valence-corrected chi connectivity index (χ0v) is 9.91. The zero-order valence-electron chi connectivity index (χ0n) is 9.91. The predicted molar refractivity (Wildman–Crippen MR) is 66.2 cm³/mol. The lowest BCUT2D eigenvalue weighted by molar-refractivity contribution is 0.213. The van der Waals surface area contributed by atoms with Gasteiger partial charge in [-0.15, -0.1) is 0 Å². The summed E-state index contributed by atoms with van der Waals surface area (Å²) >= 11 is 0. The van der Waals surface area contributed by atoms with Crippen molar-refractivity contribution in [3.05, 3.63) is 54.2 Å². The number of nitrogens with two attached hydrogens (primary N) is 1. The average molecular weight is 231 g/mol. The first-order valence-electron chi connectivity index (χ1n) is 5.64. The molecule has 90 valence electrons. The number of pyridine rings is 1. The van der Waals surface area contributed by atoms with Crippen LogP contribution in [0.3, 0.4) is 0 Å². The van der Waals surface area contributed by atoms with Gasteiger partial charge in [0.2, 0.25) is 0 Å². The van der Waals surface area contributed by atoms with E-state index in [0.717, 1.165) is 12.3 Å². The van der Waals surface area contributed by atoms with Gasteiger partial charge in [0, 0.05) is 25.5 Å². The highest BCUT2D eigenvalue weighted by atomic mass is 16.3. The molecule has 17 heavy (non-hydrogen) atoms. The minimum atomic E-state index is 0.109. The monoisotopic (exact) mass is 231 g/mol. The largest absolute Gasteiger partial charge is 0.468 e. The van der Waals surface area contributed by atoms with E-state index in [0.29, 0.717) is 6.54 Å². The van der Waals surface area contributed by atoms with E-state index >= 15 is 0 Å². The summed E-state index contributed by atoms with van der Waals surface area (Å²) in [6.07, 6.45) is 5.28. The van der Waals surface area contributed by atoms with Crippen molar-refractivity contribution in [3.63, 3.8) is 0 Å². The molecular formula is C13H17N3O. The maximum absolute atomic E-state index is 5.80. The van der Waals surface area contributed by atoms with Crippen molar-refractivity contribution < 1.29 is 4.42 Å². The Morgan fingerprint density at radius 3 is 2.71 bits per heavy atom. The lowest BCUT2D eigenvalue weighted by Crippen LogP contribution is -2.29. The smallest absolute Gasteiger partial charge is 0.122 e. The number of hydrogen-bond acceptors (Lipinski definition) is 4. The van der Waals surface area contributed by atoms with Gasteiger partial charge in [-0.3, -0.25) is 9.88 Å². The Morgan fingerprint density at radius 2 is 2.12 bits per heavy atom. The third kappa shape index (κ3) is 2.93. The second-order valence-electron chi connectivity index (χ2n) is 4.04. The van der Waals surface area contributed by atoms with Crippen LogP contribution in [0.5, 0.6) is 0 Å². The maximum atomic E-state index is 5.80. The van der Waals surface area contributed by atoms with Crippen LogP contribution in [-0.4, -0.2) is 23.5 Å². The van der Waals surface area contributed by atoms with E-state index in [9.17, 15) is 0 Å². The molecule has 4 heteroatoms. The van der Waals surface area contributed by atoms with E-state index in [1.54, 1.807) is 18.7 Å². The van der Waals surface area contributed by atoms with Crippen molar-refractivity contribution in [1.82, 2.24) is 9.88 Å². The van der Waals surface area contributed by atoms with Crippen molar-refractivity contribution in [3.8, 4) is 0 Å². The van der Waals surface area contributed by atoms with Gasteiger partial charge < -0.3 is 10.2 Å². The number of rotatable bonds is 5. The summed E-state index contributed by atoms with van der Waals surface area (Å²) in [4.78, 5) is 6.18. The minimum Gasteiger partial charge on any atom is -0.468 e. The summed E-state index contributed by atoms with van der Waals surface area (Å²) in [5.41, 5.74) is 7.02. The molecule has 1 atom stereocenters. The van der Waals surface area contributed by atoms with E-state index in [2.05, 4.69) is 9.88 Å². The van der Waals surface area contributed by atoms with E-state index in [-0.39, 0.29) is 6.04 Å². The summed E-state index contributed by atoms with van der Waals surface area (Å²) in [5.74, 6) is 0.907. The second kappa shape index (κ2) is 5.61. The fraction of sp³-hybridized carbons (Fsp3) is 0.308. The van der Waals surface area contributed by atoms with Crippen LogP contribution in [0.15, 0.2) is 47.3 Å². The molecule has 0 aliphatic carbocycles. The fourth-order valence-electron chi connectivity index (χ4n) is 1.88. The van der Waals surface area contributed by atoms with Crippen LogP contribution in [0.2, 0.25) is 0 Å². The Morgan fingerprint density at radius 1 is 1.35 bits per heavy atom. The van der Waals surface area contributed by atoms with Crippen LogP contribution in [0, 0.1) is 0 Å². The Balaban J connectivity index is 2.06. The van der Waals surface area contributed by atoms with E-state index < -0.39 is 0 Å². The number of aromatic nitrogens is 1. The number of furan rings is 1. The van der Waals surface area contributed by atoms with Crippen LogP contribution >= 0.6 is 0 Å². The maximum Gasteiger partial charge on any atom is 0.122 e. The van der Waals surface area contributed by atoms with Gasteiger partial charge in [-0.25, -0.2) is 0 Å². The molecule has 4 nitrogen and oxygen atoms in total. The van der Waals surface area contributed by atoms with E-state index in [4.69, 9.17) is 10.2 Å². The average Bonchev–Trinajstić information content (AvgIpc) is 2.85. The van der Waals surface area contributed by atoms with Gasteiger partial charge in [-0.1, -0.05) is 0 Å². The third-order valence-electron chi connectivity index (χ3n) is 2.81. The molecule has 2 aromatic heterocycles. The molecule has 0 spiro atoms. The van der Waals surface area contributed by atoms with Crippen LogP contribution in [0.4, 0.5) is 0 Å². The first-order chi connectivity index (χ1) is 8.31. The molecule has 0 fully saturated rings.